The van der Waals surface area contributed by atoms with Gasteiger partial charge in [-0.05, 0) is 86.8 Å². The second-order valence-corrected chi connectivity index (χ2v) is 25.3. The van der Waals surface area contributed by atoms with Crippen molar-refractivity contribution in [3.05, 3.63) is 77.9 Å². The summed E-state index contributed by atoms with van der Waals surface area (Å²) < 4.78 is 5.52. The van der Waals surface area contributed by atoms with Crippen molar-refractivity contribution in [3.8, 4) is 32.6 Å². The van der Waals surface area contributed by atoms with Gasteiger partial charge in [-0.15, -0.1) is 47.4 Å². The molecule has 4 saturated heterocycles. The highest BCUT2D eigenvalue weighted by Gasteiger charge is 2.50. The number of nitrogens with two attached hydrogens (primary N) is 2. The maximum Gasteiger partial charge on any atom is 0.251 e. The van der Waals surface area contributed by atoms with E-state index < -0.39 is 152 Å². The molecular formula is C62H88Cl3N13O15S. The van der Waals surface area contributed by atoms with Gasteiger partial charge in [0.1, 0.15) is 52.9 Å². The molecule has 4 aliphatic heterocycles. The van der Waals surface area contributed by atoms with Gasteiger partial charge in [0, 0.05) is 106 Å². The number of amides is 7. The molecule has 0 bridgehead atoms. The lowest BCUT2D eigenvalue weighted by Crippen LogP contribution is -2.64. The van der Waals surface area contributed by atoms with Crippen LogP contribution in [0.5, 0.6) is 11.5 Å². The number of phenols is 1. The van der Waals surface area contributed by atoms with E-state index in [0.717, 1.165) is 54.2 Å². The Kier molecular flexibility index (Phi) is 28.4. The summed E-state index contributed by atoms with van der Waals surface area (Å²) in [6.45, 7) is 5.11. The SMILES string of the molecule is C[C@@H](O)[C@@H]1NC(=O)[C@@H](NC(=O)c2ccc(-c3nnc(-c4ccc(N5CCN(C6CCCCC6)CC5)cc4)s3)cc2)C[C@@H](O)CNC(=O)[C@@H]2[C@@H](O)[C@@H](C)CN2C(=O)[C@H]([C@H](O)CCN)NC(=O)[C@H]([C@H](O)Cc2ccc(O)c(OCCN)c2)NC(=O)[C@@H]2C[C@@H](O)CN2C1=O.Cl.Cl.Cl. The Balaban J connectivity index is 0.00000467. The Hall–Kier alpha value is -6.58. The number of rotatable bonds is 16. The van der Waals surface area contributed by atoms with Gasteiger partial charge in [-0.2, -0.15) is 0 Å². The summed E-state index contributed by atoms with van der Waals surface area (Å²) in [4.78, 5) is 108. The van der Waals surface area contributed by atoms with Crippen molar-refractivity contribution in [1.82, 2.24) is 51.5 Å². The van der Waals surface area contributed by atoms with Crippen LogP contribution in [0.25, 0.3) is 21.1 Å². The van der Waals surface area contributed by atoms with Crippen LogP contribution in [0.15, 0.2) is 66.7 Å². The van der Waals surface area contributed by atoms with Gasteiger partial charge in [-0.3, -0.25) is 38.5 Å². The van der Waals surface area contributed by atoms with Crippen LogP contribution >= 0.6 is 48.6 Å². The molecule has 1 aliphatic carbocycles. The lowest BCUT2D eigenvalue weighted by Gasteiger charge is -2.41. The van der Waals surface area contributed by atoms with Crippen LogP contribution in [0.2, 0.25) is 0 Å². The number of carbonyl (C=O) groups excluding carboxylic acids is 7. The molecule has 0 radical (unpaired) electrons. The van der Waals surface area contributed by atoms with Crippen LogP contribution in [-0.2, 0) is 35.2 Å². The number of ether oxygens (including phenoxy) is 1. The summed E-state index contributed by atoms with van der Waals surface area (Å²) >= 11 is 1.35. The highest BCUT2D eigenvalue weighted by Crippen LogP contribution is 2.34. The van der Waals surface area contributed by atoms with Gasteiger partial charge in [0.15, 0.2) is 11.5 Å². The van der Waals surface area contributed by atoms with Crippen LogP contribution in [0.1, 0.15) is 81.1 Å². The molecule has 1 aromatic heterocycles. The fraction of sp³-hybridized carbons (Fsp3) is 0.565. The number of aliphatic hydroxyl groups is 6. The molecule has 3 aromatic carbocycles. The molecule has 28 nitrogen and oxygen atoms in total. The van der Waals surface area contributed by atoms with Gasteiger partial charge >= 0.3 is 0 Å². The lowest BCUT2D eigenvalue weighted by atomic mass is 9.94. The Labute approximate surface area is 567 Å². The second-order valence-electron chi connectivity index (χ2n) is 24.4. The fourth-order valence-electron chi connectivity index (χ4n) is 12.7. The number of halogens is 3. The number of aromatic hydroxyl groups is 1. The third kappa shape index (κ3) is 18.5. The molecule has 7 amide bonds. The van der Waals surface area contributed by atoms with E-state index in [0.29, 0.717) is 21.6 Å². The predicted molar refractivity (Wildman–Crippen MR) is 354 cm³/mol. The molecule has 9 rings (SSSR count). The van der Waals surface area contributed by atoms with Crippen LogP contribution in [0.3, 0.4) is 0 Å². The molecule has 518 valence electrons. The highest BCUT2D eigenvalue weighted by atomic mass is 35.5. The molecule has 94 heavy (non-hydrogen) atoms. The Morgan fingerprint density at radius 3 is 1.96 bits per heavy atom. The summed E-state index contributed by atoms with van der Waals surface area (Å²) in [5, 5.41) is 102. The van der Waals surface area contributed by atoms with Crippen molar-refractivity contribution in [2.45, 2.75) is 151 Å². The van der Waals surface area contributed by atoms with Crippen molar-refractivity contribution < 1.29 is 74.0 Å². The maximum atomic E-state index is 14.7. The van der Waals surface area contributed by atoms with Crippen molar-refractivity contribution in [3.63, 3.8) is 0 Å². The number of hydrogen-bond acceptors (Lipinski definition) is 22. The molecule has 1 saturated carbocycles. The molecule has 5 fully saturated rings. The average molecular weight is 1390 g/mol. The number of benzene rings is 3. The zero-order valence-electron chi connectivity index (χ0n) is 52.2. The van der Waals surface area contributed by atoms with Crippen LogP contribution in [0, 0.1) is 5.92 Å². The molecule has 4 aromatic rings. The Morgan fingerprint density at radius 2 is 1.33 bits per heavy atom. The molecule has 16 N–H and O–H groups in total. The number of phenolic OH excluding ortho intramolecular Hbond substituents is 1. The van der Waals surface area contributed by atoms with E-state index in [2.05, 4.69) is 58.7 Å². The van der Waals surface area contributed by atoms with Crippen molar-refractivity contribution >= 4 is 95.6 Å². The van der Waals surface area contributed by atoms with Gasteiger partial charge in [0.25, 0.3) is 5.91 Å². The highest BCUT2D eigenvalue weighted by molar-refractivity contribution is 7.17. The van der Waals surface area contributed by atoms with E-state index in [1.165, 1.54) is 80.7 Å². The third-order valence-electron chi connectivity index (χ3n) is 17.8. The number of hydrogen-bond donors (Lipinski definition) is 14. The first-order valence-corrected chi connectivity index (χ1v) is 32.0. The summed E-state index contributed by atoms with van der Waals surface area (Å²) in [6, 6.07) is 8.27. The van der Waals surface area contributed by atoms with Crippen molar-refractivity contribution in [2.24, 2.45) is 17.4 Å². The minimum absolute atomic E-state index is 0. The minimum atomic E-state index is -2.04. The number of nitrogens with one attached hydrogen (secondary N) is 5. The van der Waals surface area contributed by atoms with E-state index in [-0.39, 0.29) is 92.5 Å². The first kappa shape index (κ1) is 76.4. The number of aromatic nitrogens is 2. The normalized spacial score (nSPS) is 26.5. The monoisotopic (exact) mass is 1390 g/mol. The van der Waals surface area contributed by atoms with E-state index >= 15 is 0 Å². The van der Waals surface area contributed by atoms with Gasteiger partial charge in [0.2, 0.25) is 35.4 Å². The summed E-state index contributed by atoms with van der Waals surface area (Å²) in [5.41, 5.74) is 14.4. The maximum absolute atomic E-state index is 14.7. The standard InChI is InChI=1S/C62H85N13O15S.3ClH/c1-33-31-75-52(53(33)82)58(87)65-30-41(77)28-43(66-54(83)36-9-11-37(12-10-36)59-70-71-60(91-59)38-13-15-40(16-14-38)73-23-21-72(22-24-73)39-6-4-3-5-7-39)55(84)67-49(34(2)76)61(88)74-32-42(78)29-44(74)56(85)68-50(57(86)69-51(62(75)89)46(80)18-19-63)47(81)26-35-8-17-45(79)48(27-35)90-25-20-64;;;/h8-17,27,33-34,39,41-44,46-47,49-53,76-82H,3-7,18-26,28-32,63-64H2,1-2H3,(H,65,87)(H,66,83)(H,67,84)(H,68,85)(H,69,86);3*1H/t33-,34+,41+,42+,43-,44-,46+,47+,49-,50-,51-,52-,53-;;;/m0.../s1. The third-order valence-corrected chi connectivity index (χ3v) is 18.8. The quantitative estimate of drug-likeness (QED) is 0.0635. The molecule has 5 aliphatic rings. The van der Waals surface area contributed by atoms with E-state index in [1.54, 1.807) is 12.1 Å². The van der Waals surface area contributed by atoms with Crippen LogP contribution in [-0.4, -0.2) is 246 Å². The lowest BCUT2D eigenvalue weighted by molar-refractivity contribution is -0.147. The summed E-state index contributed by atoms with van der Waals surface area (Å²) in [5.74, 6) is -8.60. The van der Waals surface area contributed by atoms with Gasteiger partial charge in [-0.1, -0.05) is 55.7 Å². The number of anilines is 1. The summed E-state index contributed by atoms with van der Waals surface area (Å²) in [7, 11) is 0. The predicted octanol–water partition coefficient (Wildman–Crippen LogP) is -1.07. The Morgan fingerprint density at radius 1 is 0.713 bits per heavy atom. The van der Waals surface area contributed by atoms with Crippen LogP contribution in [0.4, 0.5) is 5.69 Å². The zero-order valence-corrected chi connectivity index (χ0v) is 55.5. The summed E-state index contributed by atoms with van der Waals surface area (Å²) in [6.07, 6.45) is -5.29. The van der Waals surface area contributed by atoms with Gasteiger partial charge in [-0.25, -0.2) is 0 Å². The van der Waals surface area contributed by atoms with Crippen molar-refractivity contribution in [2.75, 3.05) is 70.4 Å². The number of nitrogens with zero attached hydrogens (tertiary/aromatic N) is 6. The number of carbonyl (C=O) groups is 7. The molecule has 32 heteroatoms. The Bertz CT molecular complexity index is 3200. The first-order chi connectivity index (χ1) is 43.6. The second kappa shape index (κ2) is 34.9. The number of aliphatic hydroxyl groups excluding tert-OH is 6. The largest absolute Gasteiger partial charge is 0.504 e. The topological polar surface area (TPSA) is 421 Å². The average Bonchev–Trinajstić information content (AvgIpc) is 1.62. The van der Waals surface area contributed by atoms with E-state index in [4.69, 9.17) is 16.2 Å². The van der Waals surface area contributed by atoms with E-state index in [9.17, 15) is 69.3 Å². The minimum Gasteiger partial charge on any atom is -0.504 e. The molecule has 0 unspecified atom stereocenters. The number of fused-ring (bicyclic) bond motifs is 2. The van der Waals surface area contributed by atoms with Gasteiger partial charge in [0.05, 0.1) is 36.6 Å². The first-order valence-electron chi connectivity index (χ1n) is 31.2. The fourth-order valence-corrected chi connectivity index (χ4v) is 13.5. The molecule has 5 heterocycles. The number of β-amino-alcohol motifs (C(OH)–C–C–N with tert-alkyl or cyclic N) is 1. The number of piperazine rings is 1. The molecule has 13 atom stereocenters. The van der Waals surface area contributed by atoms with E-state index in [1.807, 2.05) is 12.1 Å². The molecular weight excluding hydrogens is 1310 g/mol. The molecule has 0 spiro atoms. The smallest absolute Gasteiger partial charge is 0.251 e. The zero-order chi connectivity index (χ0) is 65.2. The van der Waals surface area contributed by atoms with Crippen molar-refractivity contribution in [1.29, 1.82) is 0 Å². The van der Waals surface area contributed by atoms with Crippen LogP contribution < -0.4 is 47.7 Å². The van der Waals surface area contributed by atoms with Gasteiger partial charge < -0.3 is 93.2 Å².